The normalized spacial score (nSPS) is 16.0. The van der Waals surface area contributed by atoms with E-state index in [1.165, 1.54) is 6.07 Å². The Morgan fingerprint density at radius 2 is 1.88 bits per heavy atom. The van der Waals surface area contributed by atoms with Crippen molar-refractivity contribution in [1.82, 2.24) is 15.5 Å². The lowest BCUT2D eigenvalue weighted by Gasteiger charge is -2.23. The summed E-state index contributed by atoms with van der Waals surface area (Å²) in [6, 6.07) is 11.7. The van der Waals surface area contributed by atoms with Crippen molar-refractivity contribution >= 4 is 32.3 Å². The molecule has 1 aliphatic rings. The maximum atomic E-state index is 13.0. The third-order valence-corrected chi connectivity index (χ3v) is 6.70. The molecular formula is C18H18ClN3O3S. The van der Waals surface area contributed by atoms with Gasteiger partial charge in [0.1, 0.15) is 11.9 Å². The number of nitrogens with one attached hydrogen (secondary N) is 2. The molecule has 3 aromatic rings. The maximum absolute atomic E-state index is 13.0. The van der Waals surface area contributed by atoms with Gasteiger partial charge in [-0.2, -0.15) is 5.10 Å². The lowest BCUT2D eigenvalue weighted by Crippen LogP contribution is -2.34. The Balaban J connectivity index is 1.74. The molecule has 4 rings (SSSR count). The summed E-state index contributed by atoms with van der Waals surface area (Å²) in [4.78, 5) is 0.0527. The van der Waals surface area contributed by atoms with E-state index in [0.717, 1.165) is 25.9 Å². The van der Waals surface area contributed by atoms with Crippen molar-refractivity contribution in [2.24, 2.45) is 0 Å². The molecular weight excluding hydrogens is 374 g/mol. The van der Waals surface area contributed by atoms with E-state index in [1.54, 1.807) is 30.3 Å². The molecule has 0 bridgehead atoms. The van der Waals surface area contributed by atoms with Crippen LogP contribution >= 0.6 is 11.6 Å². The van der Waals surface area contributed by atoms with E-state index in [4.69, 9.17) is 16.3 Å². The maximum Gasteiger partial charge on any atom is 0.225 e. The summed E-state index contributed by atoms with van der Waals surface area (Å²) >= 11 is 6.09. The van der Waals surface area contributed by atoms with E-state index >= 15 is 0 Å². The highest BCUT2D eigenvalue weighted by molar-refractivity contribution is 7.91. The van der Waals surface area contributed by atoms with Gasteiger partial charge in [0.15, 0.2) is 5.03 Å². The number of nitrogens with zero attached hydrogens (tertiary/aromatic N) is 1. The van der Waals surface area contributed by atoms with Gasteiger partial charge in [-0.25, -0.2) is 8.42 Å². The monoisotopic (exact) mass is 391 g/mol. The van der Waals surface area contributed by atoms with Gasteiger partial charge < -0.3 is 10.1 Å². The van der Waals surface area contributed by atoms with Crippen molar-refractivity contribution in [3.8, 4) is 5.75 Å². The predicted octanol–water partition coefficient (Wildman–Crippen LogP) is 3.18. The first kappa shape index (κ1) is 17.3. The molecule has 2 heterocycles. The number of H-pyrrole nitrogens is 1. The van der Waals surface area contributed by atoms with Gasteiger partial charge in [0.25, 0.3) is 0 Å². The molecule has 0 spiro atoms. The number of ether oxygens (including phenoxy) is 1. The highest BCUT2D eigenvalue weighted by atomic mass is 35.5. The van der Waals surface area contributed by atoms with Crippen LogP contribution in [0, 0.1) is 0 Å². The van der Waals surface area contributed by atoms with Crippen molar-refractivity contribution in [3.63, 3.8) is 0 Å². The van der Waals surface area contributed by atoms with Gasteiger partial charge in [-0.15, -0.1) is 0 Å². The van der Waals surface area contributed by atoms with Gasteiger partial charge in [0.05, 0.1) is 15.4 Å². The van der Waals surface area contributed by atoms with Gasteiger partial charge in [0, 0.05) is 5.39 Å². The quantitative estimate of drug-likeness (QED) is 0.713. The third kappa shape index (κ3) is 3.18. The van der Waals surface area contributed by atoms with Crippen LogP contribution in [0.5, 0.6) is 5.75 Å². The Morgan fingerprint density at radius 1 is 1.12 bits per heavy atom. The van der Waals surface area contributed by atoms with Crippen LogP contribution in [0.2, 0.25) is 5.02 Å². The average Bonchev–Trinajstić information content (AvgIpc) is 3.07. The second-order valence-electron chi connectivity index (χ2n) is 6.23. The van der Waals surface area contributed by atoms with Gasteiger partial charge in [-0.3, -0.25) is 5.10 Å². The van der Waals surface area contributed by atoms with Crippen LogP contribution in [-0.2, 0) is 9.84 Å². The first-order valence-corrected chi connectivity index (χ1v) is 10.3. The molecule has 0 amide bonds. The first-order valence-electron chi connectivity index (χ1n) is 8.41. The predicted molar refractivity (Wildman–Crippen MR) is 99.5 cm³/mol. The minimum atomic E-state index is -3.82. The summed E-state index contributed by atoms with van der Waals surface area (Å²) < 4.78 is 32.1. The number of halogens is 1. The van der Waals surface area contributed by atoms with E-state index < -0.39 is 9.84 Å². The number of aromatic amines is 1. The summed E-state index contributed by atoms with van der Waals surface area (Å²) in [5, 5.41) is 10.8. The average molecular weight is 392 g/mol. The molecule has 6 nitrogen and oxygen atoms in total. The van der Waals surface area contributed by atoms with Crippen LogP contribution < -0.4 is 10.1 Å². The standard InChI is InChI=1S/C18H18ClN3O3S/c19-15-3-1-2-4-17(15)26(23,24)18-14-11-13(5-6-16(14)21-22-18)25-12-7-9-20-10-8-12/h1-6,11-12,20H,7-10H2,(H,21,22). The molecule has 1 saturated heterocycles. The molecule has 0 atom stereocenters. The van der Waals surface area contributed by atoms with E-state index in [-0.39, 0.29) is 21.0 Å². The van der Waals surface area contributed by atoms with Gasteiger partial charge in [-0.05, 0) is 56.3 Å². The SMILES string of the molecule is O=S(=O)(c1ccccc1Cl)c1[nH]nc2ccc(OC3CCNCC3)cc12. The number of piperidine rings is 1. The van der Waals surface area contributed by atoms with E-state index in [1.807, 2.05) is 6.07 Å². The summed E-state index contributed by atoms with van der Waals surface area (Å²) in [5.74, 6) is 0.640. The van der Waals surface area contributed by atoms with E-state index in [0.29, 0.717) is 16.7 Å². The molecule has 2 aromatic carbocycles. The van der Waals surface area contributed by atoms with Crippen molar-refractivity contribution in [2.45, 2.75) is 28.9 Å². The molecule has 8 heteroatoms. The number of aromatic nitrogens is 2. The Morgan fingerprint density at radius 3 is 2.65 bits per heavy atom. The van der Waals surface area contributed by atoms with E-state index in [2.05, 4.69) is 15.5 Å². The number of hydrogen-bond donors (Lipinski definition) is 2. The highest BCUT2D eigenvalue weighted by Crippen LogP contribution is 2.32. The fourth-order valence-electron chi connectivity index (χ4n) is 3.12. The number of rotatable bonds is 4. The fraction of sp³-hybridized carbons (Fsp3) is 0.278. The lowest BCUT2D eigenvalue weighted by molar-refractivity contribution is 0.162. The van der Waals surface area contributed by atoms with Crippen molar-refractivity contribution < 1.29 is 13.2 Å². The van der Waals surface area contributed by atoms with E-state index in [9.17, 15) is 8.42 Å². The second kappa shape index (κ2) is 6.90. The van der Waals surface area contributed by atoms with Crippen LogP contribution in [0.1, 0.15) is 12.8 Å². The fourth-order valence-corrected chi connectivity index (χ4v) is 4.98. The lowest BCUT2D eigenvalue weighted by atomic mass is 10.1. The molecule has 136 valence electrons. The molecule has 1 aliphatic heterocycles. The summed E-state index contributed by atoms with van der Waals surface area (Å²) in [5.41, 5.74) is 0.563. The number of benzene rings is 2. The Hall–Kier alpha value is -2.09. The Bertz CT molecular complexity index is 1040. The molecule has 0 saturated carbocycles. The molecule has 26 heavy (non-hydrogen) atoms. The van der Waals surface area contributed by atoms with Crippen LogP contribution in [0.3, 0.4) is 0 Å². The first-order chi connectivity index (χ1) is 12.6. The van der Waals surface area contributed by atoms with Crippen LogP contribution in [0.4, 0.5) is 0 Å². The smallest absolute Gasteiger partial charge is 0.225 e. The minimum Gasteiger partial charge on any atom is -0.490 e. The Labute approximate surface area is 156 Å². The van der Waals surface area contributed by atoms with Crippen molar-refractivity contribution in [1.29, 1.82) is 0 Å². The zero-order valence-corrected chi connectivity index (χ0v) is 15.5. The minimum absolute atomic E-state index is 0.0244. The highest BCUT2D eigenvalue weighted by Gasteiger charge is 2.25. The van der Waals surface area contributed by atoms with Gasteiger partial charge >= 0.3 is 0 Å². The summed E-state index contributed by atoms with van der Waals surface area (Å²) in [6.45, 7) is 1.84. The summed E-state index contributed by atoms with van der Waals surface area (Å²) in [6.07, 6.45) is 1.98. The Kier molecular flexibility index (Phi) is 4.60. The summed E-state index contributed by atoms with van der Waals surface area (Å²) in [7, 11) is -3.82. The topological polar surface area (TPSA) is 84.1 Å². The number of sulfone groups is 1. The number of hydrogen-bond acceptors (Lipinski definition) is 5. The molecule has 0 radical (unpaired) electrons. The number of fused-ring (bicyclic) bond motifs is 1. The van der Waals surface area contributed by atoms with Crippen molar-refractivity contribution in [3.05, 3.63) is 47.5 Å². The molecule has 0 unspecified atom stereocenters. The molecule has 1 fully saturated rings. The molecule has 0 aliphatic carbocycles. The largest absolute Gasteiger partial charge is 0.490 e. The second-order valence-corrected chi connectivity index (χ2v) is 8.49. The zero-order chi connectivity index (χ0) is 18.1. The van der Waals surface area contributed by atoms with Gasteiger partial charge in [-0.1, -0.05) is 23.7 Å². The van der Waals surface area contributed by atoms with Gasteiger partial charge in [0.2, 0.25) is 9.84 Å². The van der Waals surface area contributed by atoms with Crippen LogP contribution in [0.25, 0.3) is 10.9 Å². The molecule has 2 N–H and O–H groups in total. The van der Waals surface area contributed by atoms with Crippen LogP contribution in [-0.4, -0.2) is 37.8 Å². The third-order valence-electron chi connectivity index (χ3n) is 4.47. The molecule has 1 aromatic heterocycles. The van der Waals surface area contributed by atoms with Crippen molar-refractivity contribution in [2.75, 3.05) is 13.1 Å². The zero-order valence-electron chi connectivity index (χ0n) is 13.9. The van der Waals surface area contributed by atoms with Crippen LogP contribution in [0.15, 0.2) is 52.4 Å².